The molecule has 2 atom stereocenters. The molecule has 2 heterocycles. The van der Waals surface area contributed by atoms with Gasteiger partial charge in [0.15, 0.2) is 5.75 Å². The van der Waals surface area contributed by atoms with E-state index in [1.54, 1.807) is 18.2 Å². The van der Waals surface area contributed by atoms with Crippen LogP contribution in [0.25, 0.3) is 0 Å². The van der Waals surface area contributed by atoms with Crippen molar-refractivity contribution in [2.75, 3.05) is 25.9 Å². The minimum Gasteiger partial charge on any atom is -0.505 e. The molecule has 0 saturated carbocycles. The van der Waals surface area contributed by atoms with Gasteiger partial charge in [-0.3, -0.25) is 9.69 Å². The maximum atomic E-state index is 12.6. The van der Waals surface area contributed by atoms with Crippen LogP contribution in [-0.2, 0) is 0 Å². The molecule has 5 heteroatoms. The van der Waals surface area contributed by atoms with Crippen LogP contribution in [0.4, 0.5) is 5.69 Å². The number of fused-ring (bicyclic) bond motifs is 2. The molecule has 3 N–H and O–H groups in total. The number of likely N-dealkylation sites (N-methyl/N-ethyl adjacent to an activating group) is 1. The van der Waals surface area contributed by atoms with Crippen LogP contribution in [-0.4, -0.2) is 53.0 Å². The van der Waals surface area contributed by atoms with Gasteiger partial charge in [-0.2, -0.15) is 0 Å². The SMILES string of the molecule is CN1C2CCC1CN(C(=O)c1cccc(N)c1O)CC2. The molecule has 2 saturated heterocycles. The Balaban J connectivity index is 1.82. The van der Waals surface area contributed by atoms with Gasteiger partial charge in [-0.05, 0) is 38.4 Å². The van der Waals surface area contributed by atoms with Gasteiger partial charge in [-0.25, -0.2) is 0 Å². The Morgan fingerprint density at radius 1 is 1.30 bits per heavy atom. The smallest absolute Gasteiger partial charge is 0.257 e. The van der Waals surface area contributed by atoms with Crippen LogP contribution in [0.15, 0.2) is 18.2 Å². The summed E-state index contributed by atoms with van der Waals surface area (Å²) in [4.78, 5) is 16.9. The highest BCUT2D eigenvalue weighted by molar-refractivity contribution is 5.98. The van der Waals surface area contributed by atoms with Crippen molar-refractivity contribution in [2.24, 2.45) is 0 Å². The van der Waals surface area contributed by atoms with Gasteiger partial charge in [-0.1, -0.05) is 6.07 Å². The summed E-state index contributed by atoms with van der Waals surface area (Å²) in [6.45, 7) is 1.48. The van der Waals surface area contributed by atoms with Crippen molar-refractivity contribution >= 4 is 11.6 Å². The third-order valence-electron chi connectivity index (χ3n) is 4.73. The van der Waals surface area contributed by atoms with Crippen LogP contribution in [0.5, 0.6) is 5.75 Å². The fourth-order valence-electron chi connectivity index (χ4n) is 3.40. The maximum Gasteiger partial charge on any atom is 0.257 e. The van der Waals surface area contributed by atoms with Gasteiger partial charge in [0.25, 0.3) is 5.91 Å². The van der Waals surface area contributed by atoms with E-state index >= 15 is 0 Å². The van der Waals surface area contributed by atoms with Crippen LogP contribution < -0.4 is 5.73 Å². The number of carbonyl (C=O) groups excluding carboxylic acids is 1. The molecule has 1 amide bonds. The number of phenols is 1. The second-order valence-corrected chi connectivity index (χ2v) is 5.83. The van der Waals surface area contributed by atoms with Gasteiger partial charge in [0, 0.05) is 25.2 Å². The Labute approximate surface area is 119 Å². The Morgan fingerprint density at radius 2 is 2.05 bits per heavy atom. The molecule has 0 radical (unpaired) electrons. The summed E-state index contributed by atoms with van der Waals surface area (Å²) >= 11 is 0. The molecule has 5 nitrogen and oxygen atoms in total. The fourth-order valence-corrected chi connectivity index (χ4v) is 3.40. The first kappa shape index (κ1) is 13.2. The normalized spacial score (nSPS) is 26.6. The standard InChI is InChI=1S/C15H21N3O2/c1-17-10-5-6-11(17)9-18(8-7-10)15(20)12-3-2-4-13(16)14(12)19/h2-4,10-11,19H,5-9,16H2,1H3. The number of nitrogen functional groups attached to an aromatic ring is 1. The lowest BCUT2D eigenvalue weighted by molar-refractivity contribution is 0.0737. The number of hydrogen-bond donors (Lipinski definition) is 2. The largest absolute Gasteiger partial charge is 0.505 e. The van der Waals surface area contributed by atoms with E-state index in [0.717, 1.165) is 25.9 Å². The van der Waals surface area contributed by atoms with E-state index in [2.05, 4.69) is 11.9 Å². The van der Waals surface area contributed by atoms with E-state index < -0.39 is 0 Å². The van der Waals surface area contributed by atoms with Crippen molar-refractivity contribution in [3.05, 3.63) is 23.8 Å². The Morgan fingerprint density at radius 3 is 2.85 bits per heavy atom. The fraction of sp³-hybridized carbons (Fsp3) is 0.533. The molecule has 1 aromatic rings. The van der Waals surface area contributed by atoms with E-state index in [0.29, 0.717) is 17.6 Å². The van der Waals surface area contributed by atoms with Gasteiger partial charge in [0.1, 0.15) is 0 Å². The highest BCUT2D eigenvalue weighted by Crippen LogP contribution is 2.31. The maximum absolute atomic E-state index is 12.6. The zero-order valence-corrected chi connectivity index (χ0v) is 11.7. The lowest BCUT2D eigenvalue weighted by Gasteiger charge is -2.26. The molecule has 2 bridgehead atoms. The molecule has 2 aliphatic heterocycles. The molecule has 20 heavy (non-hydrogen) atoms. The molecule has 0 aromatic heterocycles. The first-order valence-electron chi connectivity index (χ1n) is 7.16. The van der Waals surface area contributed by atoms with Crippen LogP contribution in [0.3, 0.4) is 0 Å². The second kappa shape index (κ2) is 4.98. The van der Waals surface area contributed by atoms with Gasteiger partial charge in [0.2, 0.25) is 0 Å². The molecule has 0 spiro atoms. The molecule has 2 aliphatic rings. The number of phenolic OH excluding ortho intramolecular Hbond substituents is 1. The third-order valence-corrected chi connectivity index (χ3v) is 4.73. The number of hydrogen-bond acceptors (Lipinski definition) is 4. The van der Waals surface area contributed by atoms with E-state index in [-0.39, 0.29) is 17.3 Å². The first-order valence-corrected chi connectivity index (χ1v) is 7.16. The van der Waals surface area contributed by atoms with Crippen molar-refractivity contribution in [3.8, 4) is 5.75 Å². The molecule has 1 aromatic carbocycles. The van der Waals surface area contributed by atoms with E-state index in [1.807, 2.05) is 4.90 Å². The van der Waals surface area contributed by atoms with Gasteiger partial charge in [-0.15, -0.1) is 0 Å². The number of amides is 1. The van der Waals surface area contributed by atoms with Crippen molar-refractivity contribution < 1.29 is 9.90 Å². The number of para-hydroxylation sites is 1. The van der Waals surface area contributed by atoms with Gasteiger partial charge < -0.3 is 15.7 Å². The number of rotatable bonds is 1. The average Bonchev–Trinajstić information content (AvgIpc) is 2.66. The van der Waals surface area contributed by atoms with Gasteiger partial charge >= 0.3 is 0 Å². The molecule has 0 aliphatic carbocycles. The van der Waals surface area contributed by atoms with Crippen molar-refractivity contribution in [1.29, 1.82) is 0 Å². The van der Waals surface area contributed by atoms with Crippen LogP contribution in [0, 0.1) is 0 Å². The van der Waals surface area contributed by atoms with E-state index in [4.69, 9.17) is 5.73 Å². The predicted molar refractivity (Wildman–Crippen MR) is 77.6 cm³/mol. The summed E-state index contributed by atoms with van der Waals surface area (Å²) in [6, 6.07) is 5.98. The van der Waals surface area contributed by atoms with E-state index in [1.165, 1.54) is 6.42 Å². The molecule has 2 fully saturated rings. The minimum absolute atomic E-state index is 0.0970. The summed E-state index contributed by atoms with van der Waals surface area (Å²) in [5.41, 5.74) is 6.24. The number of aromatic hydroxyl groups is 1. The van der Waals surface area contributed by atoms with E-state index in [9.17, 15) is 9.90 Å². The summed E-state index contributed by atoms with van der Waals surface area (Å²) in [7, 11) is 2.15. The Kier molecular flexibility index (Phi) is 3.30. The Bertz CT molecular complexity index is 532. The first-order chi connectivity index (χ1) is 9.58. The monoisotopic (exact) mass is 275 g/mol. The lowest BCUT2D eigenvalue weighted by atomic mass is 10.1. The minimum atomic E-state index is -0.115. The average molecular weight is 275 g/mol. The molecular weight excluding hydrogens is 254 g/mol. The summed E-state index contributed by atoms with van der Waals surface area (Å²) in [5.74, 6) is -0.212. The van der Waals surface area contributed by atoms with Gasteiger partial charge in [0.05, 0.1) is 11.3 Å². The number of anilines is 1. The predicted octanol–water partition coefficient (Wildman–Crippen LogP) is 1.28. The highest BCUT2D eigenvalue weighted by atomic mass is 16.3. The molecular formula is C15H21N3O2. The van der Waals surface area contributed by atoms with Crippen LogP contribution in [0.1, 0.15) is 29.6 Å². The second-order valence-electron chi connectivity index (χ2n) is 5.83. The highest BCUT2D eigenvalue weighted by Gasteiger charge is 2.36. The number of benzene rings is 1. The number of nitrogens with two attached hydrogens (primary N) is 1. The molecule has 3 rings (SSSR count). The summed E-state index contributed by atoms with van der Waals surface area (Å²) in [5, 5.41) is 9.97. The van der Waals surface area contributed by atoms with Crippen molar-refractivity contribution in [1.82, 2.24) is 9.80 Å². The lowest BCUT2D eigenvalue weighted by Crippen LogP contribution is -2.39. The van der Waals surface area contributed by atoms with Crippen molar-refractivity contribution in [2.45, 2.75) is 31.3 Å². The zero-order chi connectivity index (χ0) is 14.3. The molecule has 108 valence electrons. The van der Waals surface area contributed by atoms with Crippen LogP contribution in [0.2, 0.25) is 0 Å². The number of carbonyl (C=O) groups is 1. The zero-order valence-electron chi connectivity index (χ0n) is 11.7. The topological polar surface area (TPSA) is 69.8 Å². The summed E-state index contributed by atoms with van der Waals surface area (Å²) < 4.78 is 0. The third kappa shape index (κ3) is 2.12. The number of likely N-dealkylation sites (tertiary alicyclic amines) is 1. The number of nitrogens with zero attached hydrogens (tertiary/aromatic N) is 2. The van der Waals surface area contributed by atoms with Crippen molar-refractivity contribution in [3.63, 3.8) is 0 Å². The Hall–Kier alpha value is -1.75. The summed E-state index contributed by atoms with van der Waals surface area (Å²) in [6.07, 6.45) is 3.38. The van der Waals surface area contributed by atoms with Crippen LogP contribution >= 0.6 is 0 Å². The molecule has 2 unspecified atom stereocenters. The quantitative estimate of drug-likeness (QED) is 0.598.